The lowest BCUT2D eigenvalue weighted by Gasteiger charge is -2.40. The maximum absolute atomic E-state index is 12.9. The molecule has 2 heterocycles. The molecule has 0 aliphatic carbocycles. The first-order valence-corrected chi connectivity index (χ1v) is 10.0. The highest BCUT2D eigenvalue weighted by Gasteiger charge is 2.44. The number of fused-ring (bicyclic) bond motifs is 1. The Kier molecular flexibility index (Phi) is 8.21. The zero-order chi connectivity index (χ0) is 24.1. The smallest absolute Gasteiger partial charge is 0.475 e. The van der Waals surface area contributed by atoms with E-state index in [-0.39, 0.29) is 23.9 Å². The van der Waals surface area contributed by atoms with Gasteiger partial charge in [0.05, 0.1) is 23.7 Å². The maximum atomic E-state index is 12.9. The summed E-state index contributed by atoms with van der Waals surface area (Å²) < 4.78 is 31.7. The molecule has 0 saturated carbocycles. The van der Waals surface area contributed by atoms with Crippen molar-refractivity contribution in [2.24, 2.45) is 0 Å². The largest absolute Gasteiger partial charge is 0.490 e. The van der Waals surface area contributed by atoms with Gasteiger partial charge in [-0.3, -0.25) is 9.59 Å². The minimum Gasteiger partial charge on any atom is -0.475 e. The number of nitrogens with zero attached hydrogens (tertiary/aromatic N) is 4. The number of benzene rings is 1. The number of carboxylic acid groups (broad SMARTS) is 1. The number of rotatable bonds is 4. The second-order valence-corrected chi connectivity index (χ2v) is 7.85. The van der Waals surface area contributed by atoms with Crippen molar-refractivity contribution in [2.45, 2.75) is 37.5 Å². The van der Waals surface area contributed by atoms with E-state index in [2.05, 4.69) is 11.0 Å². The molecule has 0 aromatic heterocycles. The number of carbonyl (C=O) groups excluding carboxylic acids is 2. The molecule has 32 heavy (non-hydrogen) atoms. The predicted molar refractivity (Wildman–Crippen MR) is 108 cm³/mol. The number of likely N-dealkylation sites (tertiary alicyclic amines) is 2. The molecule has 174 valence electrons. The van der Waals surface area contributed by atoms with Gasteiger partial charge in [-0.2, -0.15) is 18.4 Å². The summed E-state index contributed by atoms with van der Waals surface area (Å²) in [5, 5.41) is 16.2. The van der Waals surface area contributed by atoms with Crippen molar-refractivity contribution in [3.63, 3.8) is 0 Å². The Balaban J connectivity index is 0.000000451. The van der Waals surface area contributed by atoms with Crippen LogP contribution in [-0.2, 0) is 9.59 Å². The number of carboxylic acids is 1. The van der Waals surface area contributed by atoms with Gasteiger partial charge in [0.1, 0.15) is 0 Å². The van der Waals surface area contributed by atoms with Crippen molar-refractivity contribution in [1.82, 2.24) is 14.7 Å². The van der Waals surface area contributed by atoms with Crippen LogP contribution in [0.15, 0.2) is 24.3 Å². The van der Waals surface area contributed by atoms with E-state index in [9.17, 15) is 22.8 Å². The van der Waals surface area contributed by atoms with Gasteiger partial charge in [0.15, 0.2) is 0 Å². The number of aliphatic carboxylic acids is 1. The van der Waals surface area contributed by atoms with Crippen LogP contribution >= 0.6 is 0 Å². The van der Waals surface area contributed by atoms with E-state index in [0.29, 0.717) is 30.6 Å². The normalized spacial score (nSPS) is 20.3. The van der Waals surface area contributed by atoms with Crippen molar-refractivity contribution >= 4 is 17.8 Å². The lowest BCUT2D eigenvalue weighted by Crippen LogP contribution is -2.54. The van der Waals surface area contributed by atoms with E-state index in [4.69, 9.17) is 15.2 Å². The highest BCUT2D eigenvalue weighted by atomic mass is 19.4. The van der Waals surface area contributed by atoms with Crippen LogP contribution in [0.3, 0.4) is 0 Å². The Labute approximate surface area is 183 Å². The fourth-order valence-corrected chi connectivity index (χ4v) is 3.89. The summed E-state index contributed by atoms with van der Waals surface area (Å²) in [5.41, 5.74) is 1.05. The molecule has 2 aliphatic rings. The Morgan fingerprint density at radius 1 is 1.25 bits per heavy atom. The number of likely N-dealkylation sites (N-methyl/N-ethyl adjacent to an activating group) is 1. The third-order valence-electron chi connectivity index (χ3n) is 5.41. The fourth-order valence-electron chi connectivity index (χ4n) is 3.89. The van der Waals surface area contributed by atoms with Crippen molar-refractivity contribution in [3.05, 3.63) is 35.4 Å². The minimum atomic E-state index is -5.08. The summed E-state index contributed by atoms with van der Waals surface area (Å²) in [6, 6.07) is 9.13. The van der Waals surface area contributed by atoms with Gasteiger partial charge in [-0.15, -0.1) is 0 Å². The number of carbonyl (C=O) groups is 3. The van der Waals surface area contributed by atoms with Crippen LogP contribution in [0, 0.1) is 11.3 Å². The van der Waals surface area contributed by atoms with Gasteiger partial charge in [-0.25, -0.2) is 4.79 Å². The molecule has 0 spiro atoms. The third-order valence-corrected chi connectivity index (χ3v) is 5.41. The number of nitriles is 1. The van der Waals surface area contributed by atoms with Crippen LogP contribution in [-0.4, -0.2) is 89.6 Å². The Morgan fingerprint density at radius 2 is 1.91 bits per heavy atom. The summed E-state index contributed by atoms with van der Waals surface area (Å²) in [5.74, 6) is -2.59. The van der Waals surface area contributed by atoms with Gasteiger partial charge < -0.3 is 19.8 Å². The molecule has 0 bridgehead atoms. The van der Waals surface area contributed by atoms with E-state index in [1.165, 1.54) is 0 Å². The van der Waals surface area contributed by atoms with E-state index in [1.807, 2.05) is 23.9 Å². The number of alkyl halides is 3. The molecule has 2 fully saturated rings. The first-order chi connectivity index (χ1) is 15.0. The van der Waals surface area contributed by atoms with Crippen molar-refractivity contribution in [1.29, 1.82) is 5.26 Å². The lowest BCUT2D eigenvalue weighted by molar-refractivity contribution is -0.192. The average Bonchev–Trinajstić information content (AvgIpc) is 3.16. The maximum Gasteiger partial charge on any atom is 0.490 e. The number of piperidine rings is 1. The van der Waals surface area contributed by atoms with Crippen LogP contribution < -0.4 is 0 Å². The standard InChI is InChI=1S/C19H24N4O2.C2HF3O2/c1-21(2)10-11-22-17-8-9-23(16(17)6-7-18(22)24)19(25)15-5-3-4-14(12-15)13-20;3-2(4,5)1(6)7/h3-5,12,16-17H,6-11H2,1-2H3;(H,6,7)/t16-,17-;/m1./s1. The quantitative estimate of drug-likeness (QED) is 0.746. The molecule has 2 saturated heterocycles. The number of amides is 2. The second-order valence-electron chi connectivity index (χ2n) is 7.85. The molecule has 8 nitrogen and oxygen atoms in total. The van der Waals surface area contributed by atoms with Gasteiger partial charge in [-0.05, 0) is 45.1 Å². The number of hydrogen-bond donors (Lipinski definition) is 1. The molecule has 1 aromatic carbocycles. The topological polar surface area (TPSA) is 105 Å². The number of hydrogen-bond acceptors (Lipinski definition) is 5. The second kappa shape index (κ2) is 10.5. The SMILES string of the molecule is CN(C)CCN1C(=O)CC[C@@H]2[C@H]1CCN2C(=O)c1cccc(C#N)c1.O=C(O)C(F)(F)F. The first kappa shape index (κ1) is 25.1. The van der Waals surface area contributed by atoms with Gasteiger partial charge in [0.25, 0.3) is 5.91 Å². The molecule has 2 aliphatic heterocycles. The van der Waals surface area contributed by atoms with E-state index < -0.39 is 12.1 Å². The number of halogens is 3. The molecule has 2 amide bonds. The van der Waals surface area contributed by atoms with Gasteiger partial charge in [0, 0.05) is 31.6 Å². The van der Waals surface area contributed by atoms with E-state index in [1.54, 1.807) is 24.3 Å². The summed E-state index contributed by atoms with van der Waals surface area (Å²) in [6.07, 6.45) is -3.03. The summed E-state index contributed by atoms with van der Waals surface area (Å²) in [4.78, 5) is 40.1. The monoisotopic (exact) mass is 454 g/mol. The Hall–Kier alpha value is -3.13. The van der Waals surface area contributed by atoms with E-state index >= 15 is 0 Å². The summed E-state index contributed by atoms with van der Waals surface area (Å²) >= 11 is 0. The van der Waals surface area contributed by atoms with Crippen LogP contribution in [0.25, 0.3) is 0 Å². The highest BCUT2D eigenvalue weighted by Crippen LogP contribution is 2.32. The summed E-state index contributed by atoms with van der Waals surface area (Å²) in [6.45, 7) is 2.20. The Bertz CT molecular complexity index is 898. The molecule has 3 rings (SSSR count). The molecule has 11 heteroatoms. The molecular weight excluding hydrogens is 429 g/mol. The van der Waals surface area contributed by atoms with Crippen molar-refractivity contribution < 1.29 is 32.7 Å². The van der Waals surface area contributed by atoms with Crippen LogP contribution in [0.2, 0.25) is 0 Å². The van der Waals surface area contributed by atoms with Gasteiger partial charge in [0.2, 0.25) is 5.91 Å². The van der Waals surface area contributed by atoms with E-state index in [0.717, 1.165) is 19.4 Å². The van der Waals surface area contributed by atoms with Crippen LogP contribution in [0.5, 0.6) is 0 Å². The van der Waals surface area contributed by atoms with Crippen molar-refractivity contribution in [3.8, 4) is 6.07 Å². The average molecular weight is 454 g/mol. The molecule has 0 unspecified atom stereocenters. The first-order valence-electron chi connectivity index (χ1n) is 10.0. The highest BCUT2D eigenvalue weighted by molar-refractivity contribution is 5.95. The summed E-state index contributed by atoms with van der Waals surface area (Å²) in [7, 11) is 4.00. The minimum absolute atomic E-state index is 0.0356. The molecule has 0 radical (unpaired) electrons. The van der Waals surface area contributed by atoms with Crippen LogP contribution in [0.1, 0.15) is 35.2 Å². The molecule has 2 atom stereocenters. The lowest BCUT2D eigenvalue weighted by atomic mass is 9.96. The third kappa shape index (κ3) is 6.20. The van der Waals surface area contributed by atoms with Gasteiger partial charge in [-0.1, -0.05) is 6.07 Å². The van der Waals surface area contributed by atoms with Gasteiger partial charge >= 0.3 is 12.1 Å². The van der Waals surface area contributed by atoms with Crippen LogP contribution in [0.4, 0.5) is 13.2 Å². The zero-order valence-electron chi connectivity index (χ0n) is 17.8. The fraction of sp³-hybridized carbons (Fsp3) is 0.524. The van der Waals surface area contributed by atoms with Crippen molar-refractivity contribution in [2.75, 3.05) is 33.7 Å². The molecule has 1 N–H and O–H groups in total. The molecular formula is C21H25F3N4O4. The predicted octanol–water partition coefficient (Wildman–Crippen LogP) is 1.96. The zero-order valence-corrected chi connectivity index (χ0v) is 17.8. The Morgan fingerprint density at radius 3 is 2.47 bits per heavy atom. The molecule has 1 aromatic rings.